The van der Waals surface area contributed by atoms with Crippen LogP contribution in [0.1, 0.15) is 73.6 Å². The third kappa shape index (κ3) is 8.11. The molecule has 0 heterocycles. The largest absolute Gasteiger partial charge is 0.493 e. The van der Waals surface area contributed by atoms with Crippen molar-refractivity contribution in [1.82, 2.24) is 0 Å². The van der Waals surface area contributed by atoms with Crippen molar-refractivity contribution in [2.75, 3.05) is 13.7 Å². The highest BCUT2D eigenvalue weighted by Crippen LogP contribution is 2.24. The van der Waals surface area contributed by atoms with Crippen molar-refractivity contribution in [3.05, 3.63) is 29.3 Å². The number of esters is 2. The van der Waals surface area contributed by atoms with Gasteiger partial charge in [-0.1, -0.05) is 18.9 Å². The maximum Gasteiger partial charge on any atom is 0.342 e. The van der Waals surface area contributed by atoms with E-state index in [-0.39, 0.29) is 22.8 Å². The smallest absolute Gasteiger partial charge is 0.342 e. The molecule has 0 aliphatic rings. The highest BCUT2D eigenvalue weighted by atomic mass is 16.6. The molecule has 1 aromatic rings. The number of methoxy groups -OCH3 is 1. The molecule has 0 atom stereocenters. The molecule has 0 unspecified atom stereocenters. The normalized spacial score (nSPS) is 11.0. The molecule has 0 saturated carbocycles. The number of aromatic carboxylic acids is 1. The first-order valence-corrected chi connectivity index (χ1v) is 8.95. The number of ether oxygens (including phenoxy) is 3. The van der Waals surface area contributed by atoms with E-state index in [1.165, 1.54) is 19.2 Å². The van der Waals surface area contributed by atoms with Crippen LogP contribution in [0.25, 0.3) is 0 Å². The summed E-state index contributed by atoms with van der Waals surface area (Å²) in [5, 5.41) is 9.22. The molecule has 1 N–H and O–H groups in total. The van der Waals surface area contributed by atoms with E-state index in [0.717, 1.165) is 19.3 Å². The topological polar surface area (TPSA) is 99.1 Å². The maximum absolute atomic E-state index is 11.9. The lowest BCUT2D eigenvalue weighted by atomic mass is 10.1. The second kappa shape index (κ2) is 10.5. The Labute approximate surface area is 159 Å². The average Bonchev–Trinajstić information content (AvgIpc) is 2.58. The first-order valence-electron chi connectivity index (χ1n) is 8.95. The van der Waals surface area contributed by atoms with Crippen LogP contribution in [0.3, 0.4) is 0 Å². The quantitative estimate of drug-likeness (QED) is 0.486. The molecule has 27 heavy (non-hydrogen) atoms. The second-order valence-electron chi connectivity index (χ2n) is 7.07. The lowest BCUT2D eigenvalue weighted by Crippen LogP contribution is -2.23. The van der Waals surface area contributed by atoms with E-state index in [1.54, 1.807) is 6.07 Å². The van der Waals surface area contributed by atoms with Gasteiger partial charge in [0.25, 0.3) is 0 Å². The molecule has 0 spiro atoms. The third-order valence-corrected chi connectivity index (χ3v) is 3.60. The Balaban J connectivity index is 2.43. The monoisotopic (exact) mass is 380 g/mol. The minimum atomic E-state index is -1.22. The van der Waals surface area contributed by atoms with Gasteiger partial charge < -0.3 is 19.3 Å². The van der Waals surface area contributed by atoms with Crippen molar-refractivity contribution < 1.29 is 33.7 Å². The van der Waals surface area contributed by atoms with E-state index < -0.39 is 17.5 Å². The summed E-state index contributed by atoms with van der Waals surface area (Å²) < 4.78 is 15.5. The molecular weight excluding hydrogens is 352 g/mol. The zero-order chi connectivity index (χ0) is 20.4. The van der Waals surface area contributed by atoms with Crippen LogP contribution in [-0.4, -0.2) is 42.3 Å². The summed E-state index contributed by atoms with van der Waals surface area (Å²) in [4.78, 5) is 34.8. The van der Waals surface area contributed by atoms with E-state index >= 15 is 0 Å². The maximum atomic E-state index is 11.9. The van der Waals surface area contributed by atoms with Gasteiger partial charge in [-0.2, -0.15) is 0 Å². The van der Waals surface area contributed by atoms with Crippen LogP contribution in [0, 0.1) is 0 Å². The number of unbranched alkanes of at least 4 members (excludes halogenated alkanes) is 3. The van der Waals surface area contributed by atoms with Gasteiger partial charge in [0.05, 0.1) is 19.3 Å². The van der Waals surface area contributed by atoms with Crippen molar-refractivity contribution >= 4 is 17.9 Å². The predicted octanol–water partition coefficient (Wildman–Crippen LogP) is 3.84. The second-order valence-corrected chi connectivity index (χ2v) is 7.07. The summed E-state index contributed by atoms with van der Waals surface area (Å²) in [6.45, 7) is 5.85. The van der Waals surface area contributed by atoms with Crippen LogP contribution in [0.5, 0.6) is 5.75 Å². The van der Waals surface area contributed by atoms with Gasteiger partial charge in [0.15, 0.2) is 0 Å². The van der Waals surface area contributed by atoms with E-state index in [9.17, 15) is 19.5 Å². The fraction of sp³-hybridized carbons (Fsp3) is 0.550. The van der Waals surface area contributed by atoms with Gasteiger partial charge in [-0.3, -0.25) is 4.79 Å². The summed E-state index contributed by atoms with van der Waals surface area (Å²) in [5.74, 6) is -1.98. The van der Waals surface area contributed by atoms with Gasteiger partial charge >= 0.3 is 17.9 Å². The number of benzene rings is 1. The molecule has 0 bridgehead atoms. The van der Waals surface area contributed by atoms with Crippen molar-refractivity contribution in [2.45, 2.75) is 58.5 Å². The first kappa shape index (κ1) is 22.5. The number of carbonyl (C=O) groups excluding carboxylic acids is 2. The summed E-state index contributed by atoms with van der Waals surface area (Å²) in [5.41, 5.74) is -0.707. The minimum Gasteiger partial charge on any atom is -0.493 e. The molecule has 7 heteroatoms. The first-order chi connectivity index (χ1) is 12.7. The minimum absolute atomic E-state index is 0.0857. The van der Waals surface area contributed by atoms with Crippen molar-refractivity contribution in [1.29, 1.82) is 0 Å². The fourth-order valence-electron chi connectivity index (χ4n) is 2.44. The van der Waals surface area contributed by atoms with Gasteiger partial charge in [0.2, 0.25) is 0 Å². The Bertz CT molecular complexity index is 659. The van der Waals surface area contributed by atoms with Crippen LogP contribution in [0.2, 0.25) is 0 Å². The molecule has 0 fully saturated rings. The molecule has 0 amide bonds. The van der Waals surface area contributed by atoms with E-state index in [2.05, 4.69) is 4.74 Å². The Hall–Kier alpha value is -2.57. The van der Waals surface area contributed by atoms with Crippen molar-refractivity contribution in [3.8, 4) is 5.75 Å². The number of carbonyl (C=O) groups is 3. The molecule has 0 aliphatic heterocycles. The van der Waals surface area contributed by atoms with Gasteiger partial charge in [0.1, 0.15) is 16.9 Å². The van der Waals surface area contributed by atoms with E-state index in [1.807, 2.05) is 20.8 Å². The van der Waals surface area contributed by atoms with Gasteiger partial charge in [-0.15, -0.1) is 0 Å². The van der Waals surface area contributed by atoms with Crippen LogP contribution in [0.4, 0.5) is 0 Å². The van der Waals surface area contributed by atoms with E-state index in [0.29, 0.717) is 19.4 Å². The molecule has 0 aromatic heterocycles. The van der Waals surface area contributed by atoms with Crippen LogP contribution >= 0.6 is 0 Å². The summed E-state index contributed by atoms with van der Waals surface area (Å²) >= 11 is 0. The standard InChI is InChI=1S/C20H28O7/c1-20(2,3)27-16(21)12-7-5-6-8-13-26-15-11-9-10-14(18(22)23)17(15)19(24)25-4/h9-11H,5-8,12-13H2,1-4H3,(H,22,23). The fourth-order valence-corrected chi connectivity index (χ4v) is 2.44. The Morgan fingerprint density at radius 2 is 1.70 bits per heavy atom. The Morgan fingerprint density at radius 1 is 1.04 bits per heavy atom. The molecule has 0 saturated heterocycles. The highest BCUT2D eigenvalue weighted by Gasteiger charge is 2.22. The Kier molecular flexibility index (Phi) is 8.78. The molecule has 150 valence electrons. The average molecular weight is 380 g/mol. The predicted molar refractivity (Wildman–Crippen MR) is 99.2 cm³/mol. The summed E-state index contributed by atoms with van der Waals surface area (Å²) in [7, 11) is 1.19. The van der Waals surface area contributed by atoms with Crippen molar-refractivity contribution in [3.63, 3.8) is 0 Å². The lowest BCUT2D eigenvalue weighted by molar-refractivity contribution is -0.154. The highest BCUT2D eigenvalue weighted by molar-refractivity contribution is 6.04. The van der Waals surface area contributed by atoms with Gasteiger partial charge in [-0.25, -0.2) is 9.59 Å². The molecular formula is C20H28O7. The summed E-state index contributed by atoms with van der Waals surface area (Å²) in [6, 6.07) is 4.39. The van der Waals surface area contributed by atoms with Crippen molar-refractivity contribution in [2.24, 2.45) is 0 Å². The number of hydrogen-bond donors (Lipinski definition) is 1. The number of carboxylic acid groups (broad SMARTS) is 1. The SMILES string of the molecule is COC(=O)c1c(OCCCCCCC(=O)OC(C)(C)C)cccc1C(=O)O. The molecule has 0 radical (unpaired) electrons. The third-order valence-electron chi connectivity index (χ3n) is 3.60. The molecule has 0 aliphatic carbocycles. The van der Waals surface area contributed by atoms with Crippen LogP contribution < -0.4 is 4.74 Å². The molecule has 7 nitrogen and oxygen atoms in total. The van der Waals surface area contributed by atoms with Crippen LogP contribution in [0.15, 0.2) is 18.2 Å². The molecule has 1 aromatic carbocycles. The molecule has 1 rings (SSSR count). The van der Waals surface area contributed by atoms with Gasteiger partial charge in [-0.05, 0) is 45.7 Å². The van der Waals surface area contributed by atoms with Gasteiger partial charge in [0, 0.05) is 6.42 Å². The zero-order valence-corrected chi connectivity index (χ0v) is 16.4. The lowest BCUT2D eigenvalue weighted by Gasteiger charge is -2.19. The number of rotatable bonds is 10. The van der Waals surface area contributed by atoms with E-state index in [4.69, 9.17) is 9.47 Å². The number of hydrogen-bond acceptors (Lipinski definition) is 6. The van der Waals surface area contributed by atoms with Crippen LogP contribution in [-0.2, 0) is 14.3 Å². The zero-order valence-electron chi connectivity index (χ0n) is 16.4. The summed E-state index contributed by atoms with van der Waals surface area (Å²) in [6.07, 6.45) is 3.52. The Morgan fingerprint density at radius 3 is 2.30 bits per heavy atom. The number of carboxylic acids is 1.